The molecular weight excluding hydrogens is 286 g/mol. The van der Waals surface area contributed by atoms with Crippen molar-refractivity contribution >= 4 is 32.8 Å². The van der Waals surface area contributed by atoms with Gasteiger partial charge in [0.15, 0.2) is 0 Å². The molecule has 0 fully saturated rings. The second-order valence-corrected chi connectivity index (χ2v) is 4.61. The number of hydrogen-bond donors (Lipinski definition) is 1. The van der Waals surface area contributed by atoms with E-state index in [-0.39, 0.29) is 0 Å². The molecular formula is C12H12BrNO3. The molecule has 0 bridgehead atoms. The number of methoxy groups -OCH3 is 1. The van der Waals surface area contributed by atoms with Gasteiger partial charge in [-0.05, 0) is 18.2 Å². The molecule has 0 saturated carbocycles. The highest BCUT2D eigenvalue weighted by atomic mass is 79.9. The highest BCUT2D eigenvalue weighted by Gasteiger charge is 2.14. The van der Waals surface area contributed by atoms with E-state index in [0.717, 1.165) is 15.4 Å². The molecule has 0 aliphatic carbocycles. The fraction of sp³-hybridized carbons (Fsp3) is 0.250. The summed E-state index contributed by atoms with van der Waals surface area (Å²) in [7, 11) is 1.63. The van der Waals surface area contributed by atoms with Gasteiger partial charge in [-0.15, -0.1) is 0 Å². The number of benzene rings is 1. The molecule has 0 saturated heterocycles. The summed E-state index contributed by atoms with van der Waals surface area (Å²) in [5.74, 6) is -0.913. The summed E-state index contributed by atoms with van der Waals surface area (Å²) < 4.78 is 7.78. The van der Waals surface area contributed by atoms with Gasteiger partial charge in [0.05, 0.1) is 12.2 Å². The lowest BCUT2D eigenvalue weighted by molar-refractivity contribution is 0.0698. The average Bonchev–Trinajstić information content (AvgIpc) is 2.64. The third kappa shape index (κ3) is 2.35. The van der Waals surface area contributed by atoms with Gasteiger partial charge in [-0.1, -0.05) is 15.9 Å². The highest BCUT2D eigenvalue weighted by Crippen LogP contribution is 2.25. The number of nitrogens with zero attached hydrogens (tertiary/aromatic N) is 1. The smallest absolute Gasteiger partial charge is 0.337 e. The van der Waals surface area contributed by atoms with Crippen molar-refractivity contribution < 1.29 is 14.6 Å². The van der Waals surface area contributed by atoms with E-state index in [1.807, 2.05) is 22.8 Å². The van der Waals surface area contributed by atoms with Gasteiger partial charge < -0.3 is 14.4 Å². The van der Waals surface area contributed by atoms with Crippen LogP contribution >= 0.6 is 15.9 Å². The molecule has 90 valence electrons. The Hall–Kier alpha value is -1.33. The number of carboxylic acid groups (broad SMARTS) is 1. The van der Waals surface area contributed by atoms with Gasteiger partial charge in [0, 0.05) is 35.2 Å². The number of hydrogen-bond acceptors (Lipinski definition) is 2. The Balaban J connectivity index is 2.58. The van der Waals surface area contributed by atoms with E-state index in [1.165, 1.54) is 0 Å². The Morgan fingerprint density at radius 2 is 2.29 bits per heavy atom. The second-order valence-electron chi connectivity index (χ2n) is 3.70. The van der Waals surface area contributed by atoms with Crippen LogP contribution < -0.4 is 0 Å². The number of ether oxygens (including phenoxy) is 1. The van der Waals surface area contributed by atoms with Gasteiger partial charge in [-0.25, -0.2) is 4.79 Å². The zero-order chi connectivity index (χ0) is 12.4. The van der Waals surface area contributed by atoms with Crippen molar-refractivity contribution in [2.45, 2.75) is 6.54 Å². The van der Waals surface area contributed by atoms with E-state index in [4.69, 9.17) is 9.84 Å². The van der Waals surface area contributed by atoms with Crippen molar-refractivity contribution in [3.63, 3.8) is 0 Å². The van der Waals surface area contributed by atoms with E-state index >= 15 is 0 Å². The molecule has 0 spiro atoms. The van der Waals surface area contributed by atoms with Crippen molar-refractivity contribution in [3.8, 4) is 0 Å². The minimum Gasteiger partial charge on any atom is -0.478 e. The number of carboxylic acids is 1. The van der Waals surface area contributed by atoms with Crippen LogP contribution in [0, 0.1) is 0 Å². The maximum atomic E-state index is 11.2. The van der Waals surface area contributed by atoms with Gasteiger partial charge in [0.2, 0.25) is 0 Å². The number of halogens is 1. The second kappa shape index (κ2) is 4.89. The van der Waals surface area contributed by atoms with Crippen molar-refractivity contribution in [1.82, 2.24) is 4.57 Å². The zero-order valence-electron chi connectivity index (χ0n) is 9.31. The zero-order valence-corrected chi connectivity index (χ0v) is 10.9. The van der Waals surface area contributed by atoms with Crippen LogP contribution in [0.2, 0.25) is 0 Å². The predicted octanol–water partition coefficient (Wildman–Crippen LogP) is 2.75. The summed E-state index contributed by atoms with van der Waals surface area (Å²) in [6.45, 7) is 1.20. The minimum atomic E-state index is -0.913. The maximum absolute atomic E-state index is 11.2. The van der Waals surface area contributed by atoms with Crippen LogP contribution in [0.3, 0.4) is 0 Å². The standard InChI is InChI=1S/C12H12BrNO3/c1-17-5-4-14-7-10(12(15)16)9-6-8(13)2-3-11(9)14/h2-3,6-7H,4-5H2,1H3,(H,15,16). The Kier molecular flexibility index (Phi) is 3.49. The van der Waals surface area contributed by atoms with Gasteiger partial charge in [0.25, 0.3) is 0 Å². The Labute approximate surface area is 107 Å². The first-order chi connectivity index (χ1) is 8.13. The number of carbonyl (C=O) groups is 1. The summed E-state index contributed by atoms with van der Waals surface area (Å²) in [5.41, 5.74) is 1.22. The van der Waals surface area contributed by atoms with Crippen molar-refractivity contribution in [2.75, 3.05) is 13.7 Å². The molecule has 5 heteroatoms. The molecule has 2 rings (SSSR count). The highest BCUT2D eigenvalue weighted by molar-refractivity contribution is 9.10. The quantitative estimate of drug-likeness (QED) is 0.944. The molecule has 1 N–H and O–H groups in total. The summed E-state index contributed by atoms with van der Waals surface area (Å²) in [6, 6.07) is 5.63. The summed E-state index contributed by atoms with van der Waals surface area (Å²) in [6.07, 6.45) is 1.65. The van der Waals surface area contributed by atoms with Crippen LogP contribution in [0.5, 0.6) is 0 Å². The molecule has 0 aliphatic heterocycles. The van der Waals surface area contributed by atoms with E-state index in [9.17, 15) is 4.79 Å². The average molecular weight is 298 g/mol. The van der Waals surface area contributed by atoms with Crippen LogP contribution in [-0.4, -0.2) is 29.4 Å². The lowest BCUT2D eigenvalue weighted by Gasteiger charge is -2.03. The molecule has 2 aromatic rings. The van der Waals surface area contributed by atoms with Crippen molar-refractivity contribution in [1.29, 1.82) is 0 Å². The molecule has 1 heterocycles. The van der Waals surface area contributed by atoms with E-state index in [0.29, 0.717) is 18.7 Å². The summed E-state index contributed by atoms with van der Waals surface area (Å²) in [4.78, 5) is 11.2. The predicted molar refractivity (Wildman–Crippen MR) is 68.5 cm³/mol. The van der Waals surface area contributed by atoms with Gasteiger partial charge in [0.1, 0.15) is 0 Å². The SMILES string of the molecule is COCCn1cc(C(=O)O)c2cc(Br)ccc21. The number of fused-ring (bicyclic) bond motifs is 1. The maximum Gasteiger partial charge on any atom is 0.337 e. The fourth-order valence-electron chi connectivity index (χ4n) is 1.81. The van der Waals surface area contributed by atoms with Gasteiger partial charge in [-0.2, -0.15) is 0 Å². The monoisotopic (exact) mass is 297 g/mol. The number of rotatable bonds is 4. The molecule has 0 unspecified atom stereocenters. The topological polar surface area (TPSA) is 51.5 Å². The normalized spacial score (nSPS) is 10.9. The fourth-order valence-corrected chi connectivity index (χ4v) is 2.18. The molecule has 17 heavy (non-hydrogen) atoms. The third-order valence-electron chi connectivity index (χ3n) is 2.61. The molecule has 1 aromatic carbocycles. The van der Waals surface area contributed by atoms with E-state index < -0.39 is 5.97 Å². The van der Waals surface area contributed by atoms with E-state index in [1.54, 1.807) is 13.3 Å². The van der Waals surface area contributed by atoms with Crippen LogP contribution in [0.15, 0.2) is 28.9 Å². The lowest BCUT2D eigenvalue weighted by atomic mass is 10.2. The molecule has 1 aromatic heterocycles. The largest absolute Gasteiger partial charge is 0.478 e. The molecule has 0 atom stereocenters. The molecule has 4 nitrogen and oxygen atoms in total. The molecule has 0 aliphatic rings. The molecule has 0 amide bonds. The third-order valence-corrected chi connectivity index (χ3v) is 3.10. The number of aromatic carboxylic acids is 1. The van der Waals surface area contributed by atoms with Crippen molar-refractivity contribution in [2.24, 2.45) is 0 Å². The summed E-state index contributed by atoms with van der Waals surface area (Å²) in [5, 5.41) is 9.89. The van der Waals surface area contributed by atoms with Gasteiger partial charge >= 0.3 is 5.97 Å². The molecule has 0 radical (unpaired) electrons. The van der Waals surface area contributed by atoms with Crippen LogP contribution in [0.4, 0.5) is 0 Å². The minimum absolute atomic E-state index is 0.317. The summed E-state index contributed by atoms with van der Waals surface area (Å²) >= 11 is 3.35. The Bertz CT molecular complexity index is 562. The van der Waals surface area contributed by atoms with Crippen LogP contribution in [-0.2, 0) is 11.3 Å². The van der Waals surface area contributed by atoms with E-state index in [2.05, 4.69) is 15.9 Å². The first-order valence-corrected chi connectivity index (χ1v) is 5.93. The van der Waals surface area contributed by atoms with Crippen molar-refractivity contribution in [3.05, 3.63) is 34.4 Å². The first-order valence-electron chi connectivity index (χ1n) is 5.14. The van der Waals surface area contributed by atoms with Crippen LogP contribution in [0.1, 0.15) is 10.4 Å². The van der Waals surface area contributed by atoms with Crippen LogP contribution in [0.25, 0.3) is 10.9 Å². The number of aromatic nitrogens is 1. The first kappa shape index (κ1) is 12.1. The van der Waals surface area contributed by atoms with Gasteiger partial charge in [-0.3, -0.25) is 0 Å². The Morgan fingerprint density at radius 3 is 2.94 bits per heavy atom. The lowest BCUT2D eigenvalue weighted by Crippen LogP contribution is -2.02. The Morgan fingerprint density at radius 1 is 1.53 bits per heavy atom.